The number of H-pyrrole nitrogens is 2. The van der Waals surface area contributed by atoms with Crippen LogP contribution in [-0.2, 0) is 4.79 Å². The van der Waals surface area contributed by atoms with Gasteiger partial charge in [-0.2, -0.15) is 13.2 Å². The van der Waals surface area contributed by atoms with E-state index in [1.54, 1.807) is 6.20 Å². The molecule has 2 atom stereocenters. The Labute approximate surface area is 191 Å². The van der Waals surface area contributed by atoms with E-state index in [1.807, 2.05) is 54.6 Å². The number of fused-ring (bicyclic) bond motifs is 1. The quantitative estimate of drug-likeness (QED) is 0.342. The third-order valence-corrected chi connectivity index (χ3v) is 4.91. The van der Waals surface area contributed by atoms with Gasteiger partial charge in [-0.1, -0.05) is 36.4 Å². The van der Waals surface area contributed by atoms with Crippen molar-refractivity contribution in [1.29, 1.82) is 0 Å². The second-order valence-electron chi connectivity index (χ2n) is 7.46. The molecule has 2 aromatic carbocycles. The zero-order chi connectivity index (χ0) is 24.9. The summed E-state index contributed by atoms with van der Waals surface area (Å²) in [5, 5.41) is 10.7. The summed E-state index contributed by atoms with van der Waals surface area (Å²) in [7, 11) is 0. The number of halogens is 3. The highest BCUT2D eigenvalue weighted by atomic mass is 19.4. The molecule has 0 radical (unpaired) electrons. The molecule has 0 spiro atoms. The average molecular weight is 473 g/mol. The third kappa shape index (κ3) is 6.29. The van der Waals surface area contributed by atoms with Crippen molar-refractivity contribution in [3.63, 3.8) is 0 Å². The summed E-state index contributed by atoms with van der Waals surface area (Å²) in [6.07, 6.45) is -3.29. The Morgan fingerprint density at radius 3 is 2.29 bits per heavy atom. The summed E-state index contributed by atoms with van der Waals surface area (Å²) in [6.45, 7) is 4.14. The Balaban J connectivity index is 0.000000406. The smallest absolute Gasteiger partial charge is 0.475 e. The van der Waals surface area contributed by atoms with Crippen molar-refractivity contribution in [3.8, 4) is 11.3 Å². The van der Waals surface area contributed by atoms with E-state index in [-0.39, 0.29) is 17.8 Å². The lowest BCUT2D eigenvalue weighted by Crippen LogP contribution is -2.24. The van der Waals surface area contributed by atoms with E-state index < -0.39 is 12.1 Å². The van der Waals surface area contributed by atoms with Gasteiger partial charge in [0, 0.05) is 17.8 Å². The summed E-state index contributed by atoms with van der Waals surface area (Å²) in [5.41, 5.74) is 4.49. The second-order valence-corrected chi connectivity index (χ2v) is 7.46. The van der Waals surface area contributed by atoms with E-state index in [9.17, 15) is 18.0 Å². The molecule has 0 amide bonds. The maximum Gasteiger partial charge on any atom is 0.490 e. The molecule has 2 aromatic heterocycles. The van der Waals surface area contributed by atoms with E-state index in [0.717, 1.165) is 33.7 Å². The summed E-state index contributed by atoms with van der Waals surface area (Å²) >= 11 is 0. The molecule has 4 rings (SSSR count). The number of aliphatic carboxylic acids is 1. The van der Waals surface area contributed by atoms with E-state index in [4.69, 9.17) is 14.9 Å². The molecule has 0 aliphatic rings. The standard InChI is InChI=1S/C21H21N5O.C2HF3O2/c1-13(16-8-9-18-19(12-16)26-21(27)25-18)23-14(2)20-22-11-10-17(24-20)15-6-4-3-5-7-15;3-2(4,5)1(6)7/h3-14,23H,1-2H3,(H2,25,26,27);(H,6,7). The predicted molar refractivity (Wildman–Crippen MR) is 120 cm³/mol. The van der Waals surface area contributed by atoms with E-state index in [1.165, 1.54) is 0 Å². The maximum atomic E-state index is 11.4. The lowest BCUT2D eigenvalue weighted by Gasteiger charge is -2.20. The van der Waals surface area contributed by atoms with E-state index in [2.05, 4.69) is 34.1 Å². The van der Waals surface area contributed by atoms with Crippen molar-refractivity contribution in [3.05, 3.63) is 82.7 Å². The largest absolute Gasteiger partial charge is 0.490 e. The molecule has 4 aromatic rings. The number of aromatic nitrogens is 4. The fourth-order valence-electron chi connectivity index (χ4n) is 3.22. The Kier molecular flexibility index (Phi) is 7.47. The minimum atomic E-state index is -5.08. The van der Waals surface area contributed by atoms with Crippen molar-refractivity contribution >= 4 is 17.0 Å². The van der Waals surface area contributed by atoms with Gasteiger partial charge in [0.15, 0.2) is 0 Å². The first-order valence-corrected chi connectivity index (χ1v) is 10.2. The first-order chi connectivity index (χ1) is 16.0. The van der Waals surface area contributed by atoms with Crippen molar-refractivity contribution in [2.24, 2.45) is 0 Å². The van der Waals surface area contributed by atoms with Crippen LogP contribution in [0.3, 0.4) is 0 Å². The van der Waals surface area contributed by atoms with Crippen molar-refractivity contribution in [2.75, 3.05) is 0 Å². The Morgan fingerprint density at radius 2 is 1.65 bits per heavy atom. The topological polar surface area (TPSA) is 124 Å². The lowest BCUT2D eigenvalue weighted by atomic mass is 10.1. The first-order valence-electron chi connectivity index (χ1n) is 10.2. The van der Waals surface area contributed by atoms with Crippen LogP contribution in [-0.4, -0.2) is 37.2 Å². The van der Waals surface area contributed by atoms with Gasteiger partial charge in [0.2, 0.25) is 0 Å². The third-order valence-electron chi connectivity index (χ3n) is 4.91. The highest BCUT2D eigenvalue weighted by Gasteiger charge is 2.38. The van der Waals surface area contributed by atoms with Gasteiger partial charge in [-0.05, 0) is 37.6 Å². The first kappa shape index (κ1) is 24.6. The van der Waals surface area contributed by atoms with Crippen LogP contribution in [0.15, 0.2) is 65.6 Å². The molecule has 0 saturated heterocycles. The Hall–Kier alpha value is -3.99. The second kappa shape index (κ2) is 10.3. The molecular formula is C23H22F3N5O3. The molecule has 0 bridgehead atoms. The molecule has 0 saturated carbocycles. The number of imidazole rings is 1. The SMILES string of the molecule is CC(NC(C)c1nccc(-c2ccccc2)n1)c1ccc2[nH]c(=O)[nH]c2c1.O=C(O)C(F)(F)F. The van der Waals surface area contributed by atoms with Crippen LogP contribution < -0.4 is 11.0 Å². The van der Waals surface area contributed by atoms with Gasteiger partial charge in [0.05, 0.1) is 22.8 Å². The van der Waals surface area contributed by atoms with Gasteiger partial charge >= 0.3 is 17.8 Å². The molecule has 34 heavy (non-hydrogen) atoms. The molecule has 11 heteroatoms. The van der Waals surface area contributed by atoms with Crippen molar-refractivity contribution in [2.45, 2.75) is 32.1 Å². The molecule has 2 heterocycles. The van der Waals surface area contributed by atoms with Gasteiger partial charge in [0.1, 0.15) is 5.82 Å². The zero-order valence-electron chi connectivity index (χ0n) is 18.2. The zero-order valence-corrected chi connectivity index (χ0v) is 18.2. The predicted octanol–water partition coefficient (Wildman–Crippen LogP) is 4.36. The normalized spacial score (nSPS) is 13.1. The minimum absolute atomic E-state index is 0.0235. The Morgan fingerprint density at radius 1 is 1.00 bits per heavy atom. The molecule has 8 nitrogen and oxygen atoms in total. The fourth-order valence-corrected chi connectivity index (χ4v) is 3.22. The average Bonchev–Trinajstić information content (AvgIpc) is 3.18. The number of carbonyl (C=O) groups is 1. The fraction of sp³-hybridized carbons (Fsp3) is 0.217. The molecule has 0 fully saturated rings. The van der Waals surface area contributed by atoms with Gasteiger partial charge in [-0.3, -0.25) is 0 Å². The van der Waals surface area contributed by atoms with Gasteiger partial charge < -0.3 is 20.4 Å². The molecule has 178 valence electrons. The van der Waals surface area contributed by atoms with E-state index >= 15 is 0 Å². The van der Waals surface area contributed by atoms with Crippen LogP contribution in [0.5, 0.6) is 0 Å². The maximum absolute atomic E-state index is 11.4. The minimum Gasteiger partial charge on any atom is -0.475 e. The van der Waals surface area contributed by atoms with Crippen molar-refractivity contribution in [1.82, 2.24) is 25.3 Å². The highest BCUT2D eigenvalue weighted by molar-refractivity contribution is 5.75. The molecule has 4 N–H and O–H groups in total. The highest BCUT2D eigenvalue weighted by Crippen LogP contribution is 2.22. The van der Waals surface area contributed by atoms with Crippen LogP contribution in [0.4, 0.5) is 13.2 Å². The number of nitrogens with zero attached hydrogens (tertiary/aromatic N) is 2. The molecular weight excluding hydrogens is 451 g/mol. The summed E-state index contributed by atoms with van der Waals surface area (Å²) in [6, 6.07) is 18.0. The molecule has 0 aliphatic heterocycles. The molecule has 0 aliphatic carbocycles. The van der Waals surface area contributed by atoms with E-state index in [0.29, 0.717) is 0 Å². The summed E-state index contributed by atoms with van der Waals surface area (Å²) in [5.74, 6) is -2.01. The van der Waals surface area contributed by atoms with Gasteiger partial charge in [-0.15, -0.1) is 0 Å². The number of nitrogens with one attached hydrogen (secondary N) is 3. The number of carboxylic acid groups (broad SMARTS) is 1. The van der Waals surface area contributed by atoms with Crippen LogP contribution in [0.25, 0.3) is 22.3 Å². The number of alkyl halides is 3. The van der Waals surface area contributed by atoms with Crippen LogP contribution in [0.2, 0.25) is 0 Å². The van der Waals surface area contributed by atoms with Crippen LogP contribution >= 0.6 is 0 Å². The number of benzene rings is 2. The monoisotopic (exact) mass is 473 g/mol. The summed E-state index contributed by atoms with van der Waals surface area (Å²) in [4.78, 5) is 35.1. The number of hydrogen-bond acceptors (Lipinski definition) is 5. The van der Waals surface area contributed by atoms with Crippen LogP contribution in [0.1, 0.15) is 37.3 Å². The Bertz CT molecular complexity index is 1320. The van der Waals surface area contributed by atoms with Gasteiger partial charge in [0.25, 0.3) is 0 Å². The number of aromatic amines is 2. The molecule has 2 unspecified atom stereocenters. The van der Waals surface area contributed by atoms with Gasteiger partial charge in [-0.25, -0.2) is 19.6 Å². The van der Waals surface area contributed by atoms with Crippen LogP contribution in [0, 0.1) is 0 Å². The summed E-state index contributed by atoms with van der Waals surface area (Å²) < 4.78 is 31.7. The number of hydrogen-bond donors (Lipinski definition) is 4. The number of carboxylic acids is 1. The number of rotatable bonds is 5. The van der Waals surface area contributed by atoms with Crippen molar-refractivity contribution < 1.29 is 23.1 Å². The lowest BCUT2D eigenvalue weighted by molar-refractivity contribution is -0.192.